The molecule has 0 bridgehead atoms. The number of fused-ring (bicyclic) bond motifs is 3. The van der Waals surface area contributed by atoms with Crippen molar-refractivity contribution in [2.24, 2.45) is 5.41 Å². The van der Waals surface area contributed by atoms with E-state index in [1.165, 1.54) is 18.7 Å². The van der Waals surface area contributed by atoms with Gasteiger partial charge in [0.05, 0.1) is 5.41 Å². The first-order valence-corrected chi connectivity index (χ1v) is 12.3. The predicted molar refractivity (Wildman–Crippen MR) is 133 cm³/mol. The Morgan fingerprint density at radius 1 is 1.09 bits per heavy atom. The normalized spacial score (nSPS) is 21.2. The summed E-state index contributed by atoms with van der Waals surface area (Å²) in [6.07, 6.45) is 1.42. The number of amides is 2. The lowest BCUT2D eigenvalue weighted by Crippen LogP contribution is -2.60. The van der Waals surface area contributed by atoms with E-state index in [4.69, 9.17) is 4.74 Å². The van der Waals surface area contributed by atoms with Crippen molar-refractivity contribution in [1.82, 2.24) is 10.2 Å². The maximum atomic E-state index is 13.6. The highest BCUT2D eigenvalue weighted by molar-refractivity contribution is 5.90. The SMILES string of the molecule is CCN(C(=O)C1(C)CCCC1NC(=O)OCC1c2ccccc2-c2ccccc21)C(C)(C)C(=O)O. The van der Waals surface area contributed by atoms with Crippen LogP contribution in [0.1, 0.15) is 64.0 Å². The van der Waals surface area contributed by atoms with E-state index in [-0.39, 0.29) is 25.0 Å². The number of rotatable bonds is 7. The molecule has 7 nitrogen and oxygen atoms in total. The van der Waals surface area contributed by atoms with E-state index in [9.17, 15) is 19.5 Å². The number of hydrogen-bond acceptors (Lipinski definition) is 4. The molecule has 35 heavy (non-hydrogen) atoms. The maximum Gasteiger partial charge on any atom is 0.407 e. The number of carboxylic acid groups (broad SMARTS) is 1. The van der Waals surface area contributed by atoms with Crippen LogP contribution in [0.5, 0.6) is 0 Å². The first-order chi connectivity index (χ1) is 16.6. The smallest absolute Gasteiger partial charge is 0.407 e. The van der Waals surface area contributed by atoms with Crippen molar-refractivity contribution in [2.75, 3.05) is 13.2 Å². The molecule has 0 aromatic heterocycles. The highest BCUT2D eigenvalue weighted by Gasteiger charge is 2.51. The minimum absolute atomic E-state index is 0.0447. The van der Waals surface area contributed by atoms with E-state index in [0.29, 0.717) is 12.8 Å². The summed E-state index contributed by atoms with van der Waals surface area (Å²) in [6.45, 7) is 7.12. The molecule has 186 valence electrons. The zero-order chi connectivity index (χ0) is 25.4. The molecule has 1 fully saturated rings. The summed E-state index contributed by atoms with van der Waals surface area (Å²) in [4.78, 5) is 39.6. The standard InChI is InChI=1S/C28H34N2O5/c1-5-30(27(2,3)25(32)33)24(31)28(4)16-10-15-23(28)29-26(34)35-17-22-20-13-8-6-11-18(20)19-12-7-9-14-21(19)22/h6-9,11-14,22-23H,5,10,15-17H2,1-4H3,(H,29,34)(H,32,33). The Bertz CT molecular complexity index is 1100. The van der Waals surface area contributed by atoms with Gasteiger partial charge in [0.2, 0.25) is 5.91 Å². The van der Waals surface area contributed by atoms with Crippen molar-refractivity contribution in [3.05, 3.63) is 59.7 Å². The summed E-state index contributed by atoms with van der Waals surface area (Å²) in [7, 11) is 0. The highest BCUT2D eigenvalue weighted by Crippen LogP contribution is 2.45. The molecular weight excluding hydrogens is 444 g/mol. The van der Waals surface area contributed by atoms with Crippen LogP contribution in [-0.2, 0) is 14.3 Å². The molecule has 2 aliphatic rings. The average Bonchev–Trinajstić information content (AvgIpc) is 3.36. The molecule has 0 heterocycles. The summed E-state index contributed by atoms with van der Waals surface area (Å²) < 4.78 is 5.70. The number of ether oxygens (including phenoxy) is 1. The molecule has 0 aliphatic heterocycles. The van der Waals surface area contributed by atoms with E-state index in [0.717, 1.165) is 28.7 Å². The Morgan fingerprint density at radius 2 is 1.66 bits per heavy atom. The van der Waals surface area contributed by atoms with Crippen molar-refractivity contribution >= 4 is 18.0 Å². The first kappa shape index (κ1) is 24.8. The molecule has 2 atom stereocenters. The minimum Gasteiger partial charge on any atom is -0.480 e. The van der Waals surface area contributed by atoms with E-state index >= 15 is 0 Å². The number of aliphatic carboxylic acids is 1. The fraction of sp³-hybridized carbons (Fsp3) is 0.464. The van der Waals surface area contributed by atoms with Gasteiger partial charge >= 0.3 is 12.1 Å². The van der Waals surface area contributed by atoms with Gasteiger partial charge in [0.1, 0.15) is 12.1 Å². The van der Waals surface area contributed by atoms with Crippen molar-refractivity contribution < 1.29 is 24.2 Å². The number of alkyl carbamates (subject to hydrolysis) is 1. The number of hydrogen-bond donors (Lipinski definition) is 2. The van der Waals surface area contributed by atoms with Crippen molar-refractivity contribution in [2.45, 2.75) is 64.5 Å². The van der Waals surface area contributed by atoms with Crippen LogP contribution in [0.15, 0.2) is 48.5 Å². The average molecular weight is 479 g/mol. The Balaban J connectivity index is 1.46. The van der Waals surface area contributed by atoms with Gasteiger partial charge in [0, 0.05) is 18.5 Å². The minimum atomic E-state index is -1.34. The van der Waals surface area contributed by atoms with Crippen LogP contribution in [0.4, 0.5) is 4.79 Å². The van der Waals surface area contributed by atoms with Crippen LogP contribution in [0.3, 0.4) is 0 Å². The van der Waals surface area contributed by atoms with Gasteiger partial charge in [-0.05, 0) is 62.8 Å². The van der Waals surface area contributed by atoms with E-state index in [1.807, 2.05) is 31.2 Å². The summed E-state index contributed by atoms with van der Waals surface area (Å²) in [5.41, 5.74) is 2.35. The zero-order valence-electron chi connectivity index (χ0n) is 20.8. The first-order valence-electron chi connectivity index (χ1n) is 12.3. The van der Waals surface area contributed by atoms with Crippen LogP contribution in [0, 0.1) is 5.41 Å². The Kier molecular flexibility index (Phi) is 6.62. The predicted octanol–water partition coefficient (Wildman–Crippen LogP) is 4.80. The van der Waals surface area contributed by atoms with Crippen molar-refractivity contribution in [1.29, 1.82) is 0 Å². The van der Waals surface area contributed by atoms with Crippen molar-refractivity contribution in [3.63, 3.8) is 0 Å². The third kappa shape index (κ3) is 4.28. The molecule has 2 aromatic rings. The molecule has 2 N–H and O–H groups in total. The van der Waals surface area contributed by atoms with Gasteiger partial charge in [-0.15, -0.1) is 0 Å². The third-order valence-corrected chi connectivity index (χ3v) is 7.84. The molecule has 2 aromatic carbocycles. The molecule has 0 saturated heterocycles. The van der Waals surface area contributed by atoms with E-state index in [1.54, 1.807) is 6.92 Å². The van der Waals surface area contributed by atoms with Crippen molar-refractivity contribution in [3.8, 4) is 11.1 Å². The largest absolute Gasteiger partial charge is 0.480 e. The summed E-state index contributed by atoms with van der Waals surface area (Å²) >= 11 is 0. The Hall–Kier alpha value is -3.35. The molecule has 2 amide bonds. The molecule has 0 spiro atoms. The number of likely N-dealkylation sites (N-methyl/N-ethyl adjacent to an activating group) is 1. The van der Waals surface area contributed by atoms with Gasteiger partial charge in [0.15, 0.2) is 0 Å². The lowest BCUT2D eigenvalue weighted by atomic mass is 9.81. The molecule has 2 unspecified atom stereocenters. The third-order valence-electron chi connectivity index (χ3n) is 7.84. The molecule has 0 radical (unpaired) electrons. The van der Waals surface area contributed by atoms with Gasteiger partial charge in [-0.25, -0.2) is 9.59 Å². The molecule has 1 saturated carbocycles. The lowest BCUT2D eigenvalue weighted by molar-refractivity contribution is -0.161. The lowest BCUT2D eigenvalue weighted by Gasteiger charge is -2.41. The van der Waals surface area contributed by atoms with Gasteiger partial charge in [-0.3, -0.25) is 4.79 Å². The van der Waals surface area contributed by atoms with Gasteiger partial charge in [-0.1, -0.05) is 55.0 Å². The summed E-state index contributed by atoms with van der Waals surface area (Å²) in [5.74, 6) is -1.36. The van der Waals surface area contributed by atoms with Crippen LogP contribution in [-0.4, -0.2) is 52.7 Å². The molecule has 7 heteroatoms. The van der Waals surface area contributed by atoms with Gasteiger partial charge in [-0.2, -0.15) is 0 Å². The number of carbonyl (C=O) groups is 3. The van der Waals surface area contributed by atoms with Crippen LogP contribution in [0.2, 0.25) is 0 Å². The fourth-order valence-electron chi connectivity index (χ4n) is 5.65. The Morgan fingerprint density at radius 3 is 2.20 bits per heavy atom. The maximum absolute atomic E-state index is 13.6. The number of carbonyl (C=O) groups excluding carboxylic acids is 2. The topological polar surface area (TPSA) is 95.9 Å². The Labute approximate surface area is 206 Å². The second-order valence-corrected chi connectivity index (χ2v) is 10.2. The van der Waals surface area contributed by atoms with E-state index < -0.39 is 29.1 Å². The number of benzene rings is 2. The summed E-state index contributed by atoms with van der Waals surface area (Å²) in [6, 6.07) is 15.9. The van der Waals surface area contributed by atoms with Gasteiger partial charge in [0.25, 0.3) is 0 Å². The van der Waals surface area contributed by atoms with Crippen LogP contribution >= 0.6 is 0 Å². The fourth-order valence-corrected chi connectivity index (χ4v) is 5.65. The molecular formula is C28H34N2O5. The molecule has 4 rings (SSSR count). The monoisotopic (exact) mass is 478 g/mol. The van der Waals surface area contributed by atoms with Gasteiger partial charge < -0.3 is 20.1 Å². The number of nitrogens with zero attached hydrogens (tertiary/aromatic N) is 1. The second-order valence-electron chi connectivity index (χ2n) is 10.2. The van der Waals surface area contributed by atoms with E-state index in [2.05, 4.69) is 29.6 Å². The van der Waals surface area contributed by atoms with Crippen LogP contribution in [0.25, 0.3) is 11.1 Å². The van der Waals surface area contributed by atoms with Crippen LogP contribution < -0.4 is 5.32 Å². The molecule has 2 aliphatic carbocycles. The number of carboxylic acids is 1. The number of nitrogens with one attached hydrogen (secondary N) is 1. The quantitative estimate of drug-likeness (QED) is 0.596. The highest BCUT2D eigenvalue weighted by atomic mass is 16.5. The zero-order valence-corrected chi connectivity index (χ0v) is 20.8. The summed E-state index contributed by atoms with van der Waals surface area (Å²) in [5, 5.41) is 12.6. The second kappa shape index (κ2) is 9.36.